The van der Waals surface area contributed by atoms with Gasteiger partial charge in [0.25, 0.3) is 0 Å². The van der Waals surface area contributed by atoms with Crippen LogP contribution in [-0.2, 0) is 11.8 Å². The lowest BCUT2D eigenvalue weighted by Gasteiger charge is -2.19. The van der Waals surface area contributed by atoms with E-state index >= 15 is 0 Å². The number of benzene rings is 1. The summed E-state index contributed by atoms with van der Waals surface area (Å²) in [6, 6.07) is 9.51. The van der Waals surface area contributed by atoms with E-state index in [1.54, 1.807) is 12.4 Å². The third-order valence-corrected chi connectivity index (χ3v) is 3.73. The maximum absolute atomic E-state index is 11.9. The van der Waals surface area contributed by atoms with Gasteiger partial charge in [0, 0.05) is 29.6 Å². The predicted octanol–water partition coefficient (Wildman–Crippen LogP) is 3.50. The van der Waals surface area contributed by atoms with Crippen molar-refractivity contribution in [2.24, 2.45) is 0 Å². The number of fused-ring (bicyclic) bond motifs is 1. The molecule has 24 heavy (non-hydrogen) atoms. The molecule has 5 nitrogen and oxygen atoms in total. The Labute approximate surface area is 140 Å². The second-order valence-electron chi connectivity index (χ2n) is 6.67. The third-order valence-electron chi connectivity index (χ3n) is 3.73. The number of hydrogen-bond acceptors (Lipinski definition) is 5. The van der Waals surface area contributed by atoms with Crippen LogP contribution in [0.15, 0.2) is 51.9 Å². The second-order valence-corrected chi connectivity index (χ2v) is 6.67. The van der Waals surface area contributed by atoms with Gasteiger partial charge in [0.15, 0.2) is 11.3 Å². The zero-order valence-corrected chi connectivity index (χ0v) is 14.1. The molecule has 0 aliphatic rings. The molecule has 0 saturated carbocycles. The molecule has 3 rings (SSSR count). The number of pyridine rings is 1. The van der Waals surface area contributed by atoms with Crippen LogP contribution in [0.2, 0.25) is 0 Å². The quantitative estimate of drug-likeness (QED) is 0.735. The fourth-order valence-corrected chi connectivity index (χ4v) is 2.58. The summed E-state index contributed by atoms with van der Waals surface area (Å²) in [5.74, 6) is -0.0378. The minimum Gasteiger partial charge on any atom is -0.489 e. The van der Waals surface area contributed by atoms with Crippen molar-refractivity contribution in [3.05, 3.63) is 64.5 Å². The van der Waals surface area contributed by atoms with Crippen molar-refractivity contribution < 1.29 is 9.15 Å². The molecule has 5 heteroatoms. The summed E-state index contributed by atoms with van der Waals surface area (Å²) < 4.78 is 11.2. The van der Waals surface area contributed by atoms with Crippen molar-refractivity contribution in [3.8, 4) is 5.75 Å². The lowest BCUT2D eigenvalue weighted by atomic mass is 9.89. The molecule has 0 aliphatic carbocycles. The highest BCUT2D eigenvalue weighted by Gasteiger charge is 2.22. The molecule has 3 aromatic rings. The molecule has 0 atom stereocenters. The lowest BCUT2D eigenvalue weighted by molar-refractivity contribution is 0.318. The fraction of sp³-hybridized carbons (Fsp3) is 0.316. The van der Waals surface area contributed by atoms with Crippen molar-refractivity contribution in [3.63, 3.8) is 0 Å². The summed E-state index contributed by atoms with van der Waals surface area (Å²) in [5.41, 5.74) is 2.05. The first-order valence-electron chi connectivity index (χ1n) is 7.91. The highest BCUT2D eigenvalue weighted by molar-refractivity contribution is 5.85. The van der Waals surface area contributed by atoms with Crippen LogP contribution in [0, 0.1) is 0 Å². The number of hydrogen-bond donors (Lipinski definition) is 0. The topological polar surface area (TPSA) is 65.2 Å². The van der Waals surface area contributed by atoms with Crippen LogP contribution < -0.4 is 10.5 Å². The highest BCUT2D eigenvalue weighted by atomic mass is 16.5. The van der Waals surface area contributed by atoms with E-state index in [-0.39, 0.29) is 5.41 Å². The first-order valence-corrected chi connectivity index (χ1v) is 7.91. The van der Waals surface area contributed by atoms with Gasteiger partial charge in [0.2, 0.25) is 0 Å². The number of rotatable bonds is 4. The Morgan fingerprint density at radius 1 is 1.12 bits per heavy atom. The van der Waals surface area contributed by atoms with Crippen molar-refractivity contribution in [2.75, 3.05) is 6.61 Å². The van der Waals surface area contributed by atoms with Gasteiger partial charge in [-0.3, -0.25) is 4.98 Å². The summed E-state index contributed by atoms with van der Waals surface area (Å²) in [6.45, 7) is 6.54. The Morgan fingerprint density at radius 3 is 2.58 bits per heavy atom. The van der Waals surface area contributed by atoms with Crippen molar-refractivity contribution in [1.29, 1.82) is 0 Å². The van der Waals surface area contributed by atoms with E-state index in [4.69, 9.17) is 9.15 Å². The average molecular weight is 324 g/mol. The SMILES string of the molecule is CC(C)(C)c1nc(=O)oc2c(OCCc3ccncc3)cccc12. The first kappa shape index (κ1) is 16.2. The van der Waals surface area contributed by atoms with Gasteiger partial charge < -0.3 is 9.15 Å². The van der Waals surface area contributed by atoms with Crippen molar-refractivity contribution >= 4 is 11.0 Å². The van der Waals surface area contributed by atoms with Crippen LogP contribution in [0.1, 0.15) is 32.0 Å². The Balaban J connectivity index is 1.91. The molecule has 0 amide bonds. The molecule has 0 unspecified atom stereocenters. The summed E-state index contributed by atoms with van der Waals surface area (Å²) in [6.07, 6.45) is 4.27. The Morgan fingerprint density at radius 2 is 1.88 bits per heavy atom. The van der Waals surface area contributed by atoms with E-state index in [1.165, 1.54) is 0 Å². The van der Waals surface area contributed by atoms with Crippen LogP contribution in [0.3, 0.4) is 0 Å². The van der Waals surface area contributed by atoms with Crippen LogP contribution in [0.5, 0.6) is 5.75 Å². The first-order chi connectivity index (χ1) is 11.4. The van der Waals surface area contributed by atoms with E-state index < -0.39 is 5.76 Å². The van der Waals surface area contributed by atoms with Crippen molar-refractivity contribution in [2.45, 2.75) is 32.6 Å². The van der Waals surface area contributed by atoms with Crippen molar-refractivity contribution in [1.82, 2.24) is 9.97 Å². The maximum Gasteiger partial charge on any atom is 0.439 e. The summed E-state index contributed by atoms with van der Waals surface area (Å²) >= 11 is 0. The normalized spacial score (nSPS) is 11.6. The molecule has 124 valence electrons. The van der Waals surface area contributed by atoms with Crippen LogP contribution >= 0.6 is 0 Å². The summed E-state index contributed by atoms with van der Waals surface area (Å²) in [4.78, 5) is 19.9. The van der Waals surface area contributed by atoms with Crippen LogP contribution in [0.4, 0.5) is 0 Å². The lowest BCUT2D eigenvalue weighted by Crippen LogP contribution is -2.19. The third kappa shape index (κ3) is 3.45. The molecular formula is C19H20N2O3. The van der Waals surface area contributed by atoms with Crippen LogP contribution in [0.25, 0.3) is 11.0 Å². The molecule has 1 aromatic carbocycles. The molecule has 0 fully saturated rings. The monoisotopic (exact) mass is 324 g/mol. The number of ether oxygens (including phenoxy) is 1. The molecule has 0 bridgehead atoms. The Kier molecular flexibility index (Phi) is 4.34. The van der Waals surface area contributed by atoms with Gasteiger partial charge in [0.1, 0.15) is 0 Å². The molecule has 2 heterocycles. The molecule has 0 saturated heterocycles. The predicted molar refractivity (Wildman–Crippen MR) is 92.4 cm³/mol. The zero-order chi connectivity index (χ0) is 17.2. The van der Waals surface area contributed by atoms with Gasteiger partial charge in [-0.2, -0.15) is 4.98 Å². The number of para-hydroxylation sites is 1. The van der Waals surface area contributed by atoms with Crippen LogP contribution in [-0.4, -0.2) is 16.6 Å². The minimum atomic E-state index is -0.599. The number of nitrogens with zero attached hydrogens (tertiary/aromatic N) is 2. The largest absolute Gasteiger partial charge is 0.489 e. The van der Waals surface area contributed by atoms with Gasteiger partial charge in [-0.15, -0.1) is 0 Å². The molecule has 0 spiro atoms. The molecule has 0 radical (unpaired) electrons. The van der Waals surface area contributed by atoms with Gasteiger partial charge in [-0.1, -0.05) is 26.8 Å². The Hall–Kier alpha value is -2.69. The van der Waals surface area contributed by atoms with E-state index in [2.05, 4.69) is 9.97 Å². The fourth-order valence-electron chi connectivity index (χ4n) is 2.58. The van der Waals surface area contributed by atoms with E-state index in [9.17, 15) is 4.79 Å². The van der Waals surface area contributed by atoms with Gasteiger partial charge in [-0.25, -0.2) is 4.79 Å². The average Bonchev–Trinajstić information content (AvgIpc) is 2.55. The molecule has 2 aromatic heterocycles. The highest BCUT2D eigenvalue weighted by Crippen LogP contribution is 2.31. The minimum absolute atomic E-state index is 0.260. The number of aromatic nitrogens is 2. The van der Waals surface area contributed by atoms with E-state index in [0.717, 1.165) is 17.4 Å². The van der Waals surface area contributed by atoms with Gasteiger partial charge in [0.05, 0.1) is 12.3 Å². The molecular weight excluding hydrogens is 304 g/mol. The van der Waals surface area contributed by atoms with Gasteiger partial charge >= 0.3 is 5.76 Å². The standard InChI is InChI=1S/C19H20N2O3/c1-19(2,3)17-14-5-4-6-15(16(14)24-18(22)21-17)23-12-9-13-7-10-20-11-8-13/h4-8,10-11H,9,12H2,1-3H3. The maximum atomic E-state index is 11.9. The van der Waals surface area contributed by atoms with Gasteiger partial charge in [-0.05, 0) is 29.8 Å². The van der Waals surface area contributed by atoms with E-state index in [0.29, 0.717) is 23.6 Å². The Bertz CT molecular complexity index is 896. The second kappa shape index (κ2) is 6.43. The smallest absolute Gasteiger partial charge is 0.439 e. The summed E-state index contributed by atoms with van der Waals surface area (Å²) in [7, 11) is 0. The molecule has 0 aliphatic heterocycles. The van der Waals surface area contributed by atoms with E-state index in [1.807, 2.05) is 51.1 Å². The summed E-state index contributed by atoms with van der Waals surface area (Å²) in [5, 5.41) is 0.809. The molecule has 0 N–H and O–H groups in total. The zero-order valence-electron chi connectivity index (χ0n) is 14.1.